The molecular weight excluding hydrogens is 288 g/mol. The minimum absolute atomic E-state index is 1.25. The Bertz CT molecular complexity index is 777. The van der Waals surface area contributed by atoms with E-state index >= 15 is 0 Å². The van der Waals surface area contributed by atoms with E-state index in [0.717, 1.165) is 0 Å². The maximum absolute atomic E-state index is 2.33. The second-order valence-corrected chi connectivity index (χ2v) is 7.77. The van der Waals surface area contributed by atoms with Crippen LogP contribution >= 0.6 is 0 Å². The number of hydrogen-bond donors (Lipinski definition) is 0. The van der Waals surface area contributed by atoms with Crippen molar-refractivity contribution in [3.8, 4) is 0 Å². The van der Waals surface area contributed by atoms with E-state index in [1.807, 2.05) is 0 Å². The van der Waals surface area contributed by atoms with Crippen molar-refractivity contribution < 1.29 is 0 Å². The fourth-order valence-electron chi connectivity index (χ4n) is 4.96. The van der Waals surface area contributed by atoms with Gasteiger partial charge in [-0.25, -0.2) is 0 Å². The zero-order chi connectivity index (χ0) is 16.8. The zero-order valence-electron chi connectivity index (χ0n) is 15.6. The lowest BCUT2D eigenvalue weighted by atomic mass is 9.74. The van der Waals surface area contributed by atoms with Crippen molar-refractivity contribution in [3.05, 3.63) is 68.8 Å². The Kier molecular flexibility index (Phi) is 3.87. The van der Waals surface area contributed by atoms with E-state index in [-0.39, 0.29) is 0 Å². The van der Waals surface area contributed by atoms with Crippen molar-refractivity contribution in [1.82, 2.24) is 0 Å². The molecule has 2 aromatic rings. The minimum Gasteiger partial charge on any atom is -0.0587 e. The largest absolute Gasteiger partial charge is 0.0587 e. The molecule has 2 aliphatic carbocycles. The van der Waals surface area contributed by atoms with Gasteiger partial charge in [0.05, 0.1) is 0 Å². The van der Waals surface area contributed by atoms with Crippen molar-refractivity contribution in [2.45, 2.75) is 66.2 Å². The lowest BCUT2D eigenvalue weighted by Crippen LogP contribution is -2.12. The van der Waals surface area contributed by atoms with Crippen LogP contribution in [-0.2, 0) is 12.8 Å². The highest BCUT2D eigenvalue weighted by molar-refractivity contribution is 5.95. The smallest absolute Gasteiger partial charge is 0.0157 e. The molecule has 24 heavy (non-hydrogen) atoms. The van der Waals surface area contributed by atoms with Crippen LogP contribution in [0.25, 0.3) is 11.1 Å². The number of aryl methyl sites for hydroxylation is 4. The molecular formula is C24H28. The molecule has 0 saturated heterocycles. The summed E-state index contributed by atoms with van der Waals surface area (Å²) in [5, 5.41) is 0. The Morgan fingerprint density at radius 1 is 0.500 bits per heavy atom. The second kappa shape index (κ2) is 5.92. The summed E-state index contributed by atoms with van der Waals surface area (Å²) in [6.07, 6.45) is 7.60. The molecule has 0 atom stereocenters. The SMILES string of the molecule is Cc1ccc(C)c2c1CCC/C2=C1/CCCc2c(C)ccc(C)c21. The molecule has 0 bridgehead atoms. The summed E-state index contributed by atoms with van der Waals surface area (Å²) in [6, 6.07) is 9.28. The molecule has 2 aliphatic rings. The van der Waals surface area contributed by atoms with Gasteiger partial charge in [-0.15, -0.1) is 0 Å². The Morgan fingerprint density at radius 3 is 1.29 bits per heavy atom. The van der Waals surface area contributed by atoms with Crippen LogP contribution in [0.4, 0.5) is 0 Å². The van der Waals surface area contributed by atoms with Crippen molar-refractivity contribution in [2.75, 3.05) is 0 Å². The summed E-state index contributed by atoms with van der Waals surface area (Å²) < 4.78 is 0. The molecule has 0 spiro atoms. The Morgan fingerprint density at radius 2 is 0.875 bits per heavy atom. The first kappa shape index (κ1) is 15.7. The second-order valence-electron chi connectivity index (χ2n) is 7.77. The molecule has 0 N–H and O–H groups in total. The summed E-state index contributed by atoms with van der Waals surface area (Å²) in [7, 11) is 0. The number of hydrogen-bond acceptors (Lipinski definition) is 0. The van der Waals surface area contributed by atoms with E-state index in [2.05, 4.69) is 52.0 Å². The number of rotatable bonds is 0. The zero-order valence-corrected chi connectivity index (χ0v) is 15.6. The third-order valence-electron chi connectivity index (χ3n) is 6.19. The van der Waals surface area contributed by atoms with Crippen LogP contribution in [0.3, 0.4) is 0 Å². The molecule has 0 radical (unpaired) electrons. The van der Waals surface area contributed by atoms with Gasteiger partial charge in [-0.05, 0) is 122 Å². The van der Waals surface area contributed by atoms with Crippen molar-refractivity contribution in [2.24, 2.45) is 0 Å². The predicted molar refractivity (Wildman–Crippen MR) is 105 cm³/mol. The van der Waals surface area contributed by atoms with Gasteiger partial charge in [-0.3, -0.25) is 0 Å². The molecule has 0 unspecified atom stereocenters. The quantitative estimate of drug-likeness (QED) is 0.520. The number of benzene rings is 2. The molecule has 0 aromatic heterocycles. The topological polar surface area (TPSA) is 0 Å². The highest BCUT2D eigenvalue weighted by Gasteiger charge is 2.25. The normalized spacial score (nSPS) is 19.8. The summed E-state index contributed by atoms with van der Waals surface area (Å²) in [5.41, 5.74) is 15.6. The fourth-order valence-corrected chi connectivity index (χ4v) is 4.96. The molecule has 0 aliphatic heterocycles. The van der Waals surface area contributed by atoms with E-state index in [0.29, 0.717) is 0 Å². The fraction of sp³-hybridized carbons (Fsp3) is 0.417. The Labute approximate surface area is 146 Å². The van der Waals surface area contributed by atoms with Crippen LogP contribution < -0.4 is 0 Å². The molecule has 124 valence electrons. The van der Waals surface area contributed by atoms with Gasteiger partial charge in [0.15, 0.2) is 0 Å². The maximum atomic E-state index is 2.33. The van der Waals surface area contributed by atoms with Crippen LogP contribution in [0.2, 0.25) is 0 Å². The predicted octanol–water partition coefficient (Wildman–Crippen LogP) is 6.50. The van der Waals surface area contributed by atoms with Gasteiger partial charge in [0.2, 0.25) is 0 Å². The highest BCUT2D eigenvalue weighted by Crippen LogP contribution is 2.45. The van der Waals surface area contributed by atoms with Gasteiger partial charge < -0.3 is 0 Å². The van der Waals surface area contributed by atoms with Gasteiger partial charge in [0.1, 0.15) is 0 Å². The summed E-state index contributed by atoms with van der Waals surface area (Å²) in [5.74, 6) is 0. The first-order chi connectivity index (χ1) is 11.6. The monoisotopic (exact) mass is 316 g/mol. The first-order valence-corrected chi connectivity index (χ1v) is 9.49. The summed E-state index contributed by atoms with van der Waals surface area (Å²) in [4.78, 5) is 0. The molecule has 0 fully saturated rings. The lowest BCUT2D eigenvalue weighted by Gasteiger charge is -2.30. The van der Waals surface area contributed by atoms with Crippen molar-refractivity contribution in [3.63, 3.8) is 0 Å². The van der Waals surface area contributed by atoms with Crippen molar-refractivity contribution >= 4 is 11.1 Å². The van der Waals surface area contributed by atoms with E-state index < -0.39 is 0 Å². The van der Waals surface area contributed by atoms with Crippen LogP contribution in [-0.4, -0.2) is 0 Å². The maximum Gasteiger partial charge on any atom is -0.0157 e. The van der Waals surface area contributed by atoms with Gasteiger partial charge >= 0.3 is 0 Å². The molecule has 2 aromatic carbocycles. The molecule has 0 saturated carbocycles. The molecule has 0 heteroatoms. The third kappa shape index (κ3) is 2.35. The molecule has 4 rings (SSSR count). The van der Waals surface area contributed by atoms with Gasteiger partial charge in [-0.2, -0.15) is 0 Å². The van der Waals surface area contributed by atoms with E-state index in [9.17, 15) is 0 Å². The number of fused-ring (bicyclic) bond motifs is 2. The number of allylic oxidation sites excluding steroid dienone is 2. The van der Waals surface area contributed by atoms with Crippen LogP contribution in [0.5, 0.6) is 0 Å². The van der Waals surface area contributed by atoms with Crippen molar-refractivity contribution in [1.29, 1.82) is 0 Å². The standard InChI is InChI=1S/C24H28/c1-15-11-13-17(3)23-19(15)7-5-9-21(23)22-10-6-8-20-16(2)12-14-18(4)24(20)22/h11-14H,5-10H2,1-4H3/b22-21+. The van der Waals surface area contributed by atoms with Gasteiger partial charge in [0, 0.05) is 0 Å². The average molecular weight is 316 g/mol. The van der Waals surface area contributed by atoms with Crippen LogP contribution in [0.15, 0.2) is 24.3 Å². The third-order valence-corrected chi connectivity index (χ3v) is 6.19. The molecule has 0 heterocycles. The van der Waals surface area contributed by atoms with Gasteiger partial charge in [0.25, 0.3) is 0 Å². The van der Waals surface area contributed by atoms with E-state index in [1.54, 1.807) is 33.4 Å². The molecule has 0 nitrogen and oxygen atoms in total. The lowest BCUT2D eigenvalue weighted by molar-refractivity contribution is 0.790. The van der Waals surface area contributed by atoms with Gasteiger partial charge in [-0.1, -0.05) is 24.3 Å². The molecule has 0 amide bonds. The average Bonchev–Trinajstić information content (AvgIpc) is 2.60. The van der Waals surface area contributed by atoms with E-state index in [4.69, 9.17) is 0 Å². The van der Waals surface area contributed by atoms with E-state index in [1.165, 1.54) is 60.8 Å². The summed E-state index contributed by atoms with van der Waals surface area (Å²) in [6.45, 7) is 9.18. The minimum atomic E-state index is 1.25. The Balaban J connectivity index is 2.03. The first-order valence-electron chi connectivity index (χ1n) is 9.49. The summed E-state index contributed by atoms with van der Waals surface area (Å²) >= 11 is 0. The van der Waals surface area contributed by atoms with Crippen LogP contribution in [0, 0.1) is 27.7 Å². The highest BCUT2D eigenvalue weighted by atomic mass is 14.3. The Hall–Kier alpha value is -1.82. The van der Waals surface area contributed by atoms with Crippen LogP contribution in [0.1, 0.15) is 70.2 Å².